The third kappa shape index (κ3) is 3.21. The van der Waals surface area contributed by atoms with Crippen molar-refractivity contribution in [2.45, 2.75) is 69.0 Å². The third-order valence-corrected chi connectivity index (χ3v) is 8.00. The average molecular weight is 451 g/mol. The lowest BCUT2D eigenvalue weighted by Crippen LogP contribution is -2.34. The van der Waals surface area contributed by atoms with E-state index in [2.05, 4.69) is 10.0 Å². The fraction of sp³-hybridized carbons (Fsp3) is 0.476. The molecule has 7 nitrogen and oxygen atoms in total. The van der Waals surface area contributed by atoms with E-state index in [1.165, 1.54) is 6.07 Å². The number of hydrogen-bond acceptors (Lipinski definition) is 5. The number of amides is 2. The van der Waals surface area contributed by atoms with Crippen LogP contribution >= 0.6 is 11.6 Å². The number of rotatable bonds is 3. The standard InChI is InChI=1S/C21H23ClN2O5S/c22-19-11-4-1-6-13(11)20(14-7-2-5-12(14)19)23-21(26)24-30(27,28)18-10-15-16(25)8-3-9-17(15)29-18/h10,16,25H,1-9H2,(H2,23,24,26). The Morgan fingerprint density at radius 1 is 1.03 bits per heavy atom. The highest BCUT2D eigenvalue weighted by Gasteiger charge is 2.31. The molecule has 2 aromatic rings. The van der Waals surface area contributed by atoms with Gasteiger partial charge in [0.1, 0.15) is 5.76 Å². The van der Waals surface area contributed by atoms with Gasteiger partial charge in [0.05, 0.1) is 6.10 Å². The number of anilines is 1. The largest absolute Gasteiger partial charge is 0.447 e. The van der Waals surface area contributed by atoms with Crippen molar-refractivity contribution in [1.82, 2.24) is 4.72 Å². The molecule has 5 rings (SSSR count). The van der Waals surface area contributed by atoms with E-state index in [4.69, 9.17) is 16.0 Å². The number of aliphatic hydroxyl groups is 1. The molecule has 3 N–H and O–H groups in total. The van der Waals surface area contributed by atoms with Crippen LogP contribution in [0.5, 0.6) is 0 Å². The number of nitrogens with one attached hydrogen (secondary N) is 2. The number of urea groups is 1. The molecule has 1 unspecified atom stereocenters. The molecular weight excluding hydrogens is 428 g/mol. The van der Waals surface area contributed by atoms with Crippen molar-refractivity contribution in [3.8, 4) is 0 Å². The molecule has 0 spiro atoms. The monoisotopic (exact) mass is 450 g/mol. The Bertz CT molecular complexity index is 1120. The number of sulfonamides is 1. The van der Waals surface area contributed by atoms with E-state index in [1.54, 1.807) is 0 Å². The third-order valence-electron chi connectivity index (χ3n) is 6.36. The number of aryl methyl sites for hydroxylation is 1. The number of fused-ring (bicyclic) bond motifs is 3. The summed E-state index contributed by atoms with van der Waals surface area (Å²) in [7, 11) is -4.20. The summed E-state index contributed by atoms with van der Waals surface area (Å²) in [5, 5.41) is 13.3. The van der Waals surface area contributed by atoms with Gasteiger partial charge in [-0.1, -0.05) is 11.6 Å². The Balaban J connectivity index is 1.41. The Morgan fingerprint density at radius 3 is 2.30 bits per heavy atom. The van der Waals surface area contributed by atoms with Crippen LogP contribution in [0.25, 0.3) is 0 Å². The molecule has 1 aromatic carbocycles. The second-order valence-corrected chi connectivity index (χ2v) is 10.2. The molecule has 9 heteroatoms. The van der Waals surface area contributed by atoms with Gasteiger partial charge in [-0.25, -0.2) is 9.52 Å². The second kappa shape index (κ2) is 7.28. The zero-order valence-electron chi connectivity index (χ0n) is 16.4. The van der Waals surface area contributed by atoms with Crippen molar-refractivity contribution in [3.63, 3.8) is 0 Å². The summed E-state index contributed by atoms with van der Waals surface area (Å²) in [5.41, 5.74) is 5.37. The maximum Gasteiger partial charge on any atom is 0.333 e. The van der Waals surface area contributed by atoms with E-state index >= 15 is 0 Å². The van der Waals surface area contributed by atoms with Gasteiger partial charge in [0.25, 0.3) is 10.0 Å². The summed E-state index contributed by atoms with van der Waals surface area (Å²) in [6.07, 6.45) is 6.41. The van der Waals surface area contributed by atoms with Gasteiger partial charge in [0, 0.05) is 28.8 Å². The Labute approximate surface area is 179 Å². The van der Waals surface area contributed by atoms with E-state index in [0.717, 1.165) is 72.2 Å². The van der Waals surface area contributed by atoms with Crippen LogP contribution in [0.1, 0.15) is 65.4 Å². The van der Waals surface area contributed by atoms with Gasteiger partial charge >= 0.3 is 6.03 Å². The van der Waals surface area contributed by atoms with E-state index < -0.39 is 22.2 Å². The lowest BCUT2D eigenvalue weighted by molar-refractivity contribution is 0.152. The van der Waals surface area contributed by atoms with Crippen molar-refractivity contribution in [2.24, 2.45) is 0 Å². The zero-order valence-corrected chi connectivity index (χ0v) is 18.0. The fourth-order valence-electron chi connectivity index (χ4n) is 4.99. The summed E-state index contributed by atoms with van der Waals surface area (Å²) in [6.45, 7) is 0. The van der Waals surface area contributed by atoms with Gasteiger partial charge in [-0.2, -0.15) is 8.42 Å². The van der Waals surface area contributed by atoms with Gasteiger partial charge in [-0.3, -0.25) is 0 Å². The lowest BCUT2D eigenvalue weighted by Gasteiger charge is -2.18. The Kier molecular flexibility index (Phi) is 4.83. The highest BCUT2D eigenvalue weighted by atomic mass is 35.5. The van der Waals surface area contributed by atoms with Gasteiger partial charge < -0.3 is 14.8 Å². The first-order valence-corrected chi connectivity index (χ1v) is 12.2. The van der Waals surface area contributed by atoms with E-state index in [1.807, 2.05) is 0 Å². The smallest absolute Gasteiger partial charge is 0.333 e. The number of carbonyl (C=O) groups is 1. The number of furan rings is 1. The first-order valence-electron chi connectivity index (χ1n) is 10.3. The number of aliphatic hydroxyl groups excluding tert-OH is 1. The summed E-state index contributed by atoms with van der Waals surface area (Å²) < 4.78 is 32.9. The van der Waals surface area contributed by atoms with Crippen LogP contribution in [0.4, 0.5) is 10.5 Å². The summed E-state index contributed by atoms with van der Waals surface area (Å²) in [5.74, 6) is 0.461. The molecular formula is C21H23ClN2O5S. The quantitative estimate of drug-likeness (QED) is 0.659. The maximum absolute atomic E-state index is 12.7. The second-order valence-electron chi connectivity index (χ2n) is 8.22. The van der Waals surface area contributed by atoms with E-state index in [-0.39, 0.29) is 5.09 Å². The predicted molar refractivity (Wildman–Crippen MR) is 111 cm³/mol. The van der Waals surface area contributed by atoms with Crippen LogP contribution in [-0.4, -0.2) is 19.6 Å². The molecule has 160 valence electrons. The van der Waals surface area contributed by atoms with Gasteiger partial charge in [0.2, 0.25) is 5.09 Å². The minimum absolute atomic E-state index is 0.352. The SMILES string of the molecule is O=C(Nc1c2c(c(Cl)c3c1CCC3)CCC2)NS(=O)(=O)c1cc2c(o1)CCCC2O. The van der Waals surface area contributed by atoms with Gasteiger partial charge in [-0.15, -0.1) is 0 Å². The van der Waals surface area contributed by atoms with Crippen LogP contribution in [0.3, 0.4) is 0 Å². The number of carbonyl (C=O) groups excluding carboxylic acids is 1. The average Bonchev–Trinajstić information content (AvgIpc) is 3.43. The van der Waals surface area contributed by atoms with E-state index in [9.17, 15) is 18.3 Å². The number of hydrogen-bond donors (Lipinski definition) is 3. The molecule has 0 saturated heterocycles. The topological polar surface area (TPSA) is 109 Å². The highest BCUT2D eigenvalue weighted by molar-refractivity contribution is 7.89. The fourth-order valence-corrected chi connectivity index (χ4v) is 6.29. The molecule has 3 aliphatic carbocycles. The minimum atomic E-state index is -4.20. The molecule has 0 fully saturated rings. The molecule has 3 aliphatic rings. The molecule has 0 radical (unpaired) electrons. The Morgan fingerprint density at radius 2 is 1.67 bits per heavy atom. The van der Waals surface area contributed by atoms with Gasteiger partial charge in [-0.05, 0) is 73.6 Å². The molecule has 1 atom stereocenters. The molecule has 30 heavy (non-hydrogen) atoms. The van der Waals surface area contributed by atoms with Crippen molar-refractivity contribution in [1.29, 1.82) is 0 Å². The molecule has 0 bridgehead atoms. The van der Waals surface area contributed by atoms with Crippen LogP contribution in [0.15, 0.2) is 15.6 Å². The zero-order chi connectivity index (χ0) is 21.0. The molecule has 0 aliphatic heterocycles. The van der Waals surface area contributed by atoms with Crippen molar-refractivity contribution < 1.29 is 22.7 Å². The molecule has 1 aromatic heterocycles. The molecule has 2 amide bonds. The van der Waals surface area contributed by atoms with Crippen molar-refractivity contribution in [3.05, 3.63) is 44.7 Å². The maximum atomic E-state index is 12.7. The predicted octanol–water partition coefficient (Wildman–Crippen LogP) is 3.79. The lowest BCUT2D eigenvalue weighted by atomic mass is 9.96. The molecule has 1 heterocycles. The molecule has 0 saturated carbocycles. The summed E-state index contributed by atoms with van der Waals surface area (Å²) >= 11 is 6.60. The normalized spacial score (nSPS) is 19.9. The van der Waals surface area contributed by atoms with Gasteiger partial charge in [0.15, 0.2) is 0 Å². The van der Waals surface area contributed by atoms with Crippen LogP contribution in [0, 0.1) is 0 Å². The van der Waals surface area contributed by atoms with Crippen molar-refractivity contribution >= 4 is 33.3 Å². The van der Waals surface area contributed by atoms with Crippen LogP contribution in [0.2, 0.25) is 5.02 Å². The Hall–Kier alpha value is -2.03. The highest BCUT2D eigenvalue weighted by Crippen LogP contribution is 2.44. The van der Waals surface area contributed by atoms with E-state index in [0.29, 0.717) is 29.9 Å². The first-order chi connectivity index (χ1) is 14.3. The number of halogens is 1. The van der Waals surface area contributed by atoms with Crippen LogP contribution < -0.4 is 10.0 Å². The van der Waals surface area contributed by atoms with Crippen LogP contribution in [-0.2, 0) is 42.1 Å². The van der Waals surface area contributed by atoms with Crippen molar-refractivity contribution in [2.75, 3.05) is 5.32 Å². The summed E-state index contributed by atoms with van der Waals surface area (Å²) in [6, 6.07) is 0.488. The summed E-state index contributed by atoms with van der Waals surface area (Å²) in [4.78, 5) is 12.7. The minimum Gasteiger partial charge on any atom is -0.447 e. The number of benzene rings is 1. The first kappa shape index (κ1) is 19.9.